The fourth-order valence-corrected chi connectivity index (χ4v) is 2.57. The van der Waals surface area contributed by atoms with Crippen LogP contribution < -0.4 is 0 Å². The molecule has 1 amide bonds. The number of rotatable bonds is 3. The minimum atomic E-state index is -0.444. The van der Waals surface area contributed by atoms with Crippen molar-refractivity contribution in [1.82, 2.24) is 9.80 Å². The molecule has 0 spiro atoms. The maximum atomic E-state index is 13.6. The largest absolute Gasteiger partial charge is 0.387 e. The van der Waals surface area contributed by atoms with Crippen LogP contribution in [-0.2, 0) is 11.3 Å². The van der Waals surface area contributed by atoms with E-state index in [0.29, 0.717) is 38.3 Å². The molecular formula is C13H16BrFN2O2. The van der Waals surface area contributed by atoms with E-state index in [-0.39, 0.29) is 11.7 Å². The van der Waals surface area contributed by atoms with Crippen LogP contribution in [0.4, 0.5) is 4.39 Å². The molecule has 1 N–H and O–H groups in total. The molecule has 1 fully saturated rings. The van der Waals surface area contributed by atoms with Crippen LogP contribution in [0, 0.1) is 5.82 Å². The standard InChI is InChI=1S/C13H16BrFN2O2/c14-11-1-2-12(15)10(7-11)8-16-3-5-17(6-4-16)13(19)9-18/h1-2,7,18H,3-6,8-9H2. The Balaban J connectivity index is 1.92. The molecule has 1 aliphatic rings. The van der Waals surface area contributed by atoms with Crippen molar-refractivity contribution in [2.45, 2.75) is 6.54 Å². The number of carbonyl (C=O) groups is 1. The number of hydrogen-bond donors (Lipinski definition) is 1. The lowest BCUT2D eigenvalue weighted by atomic mass is 10.2. The number of carbonyl (C=O) groups excluding carboxylic acids is 1. The Bertz CT molecular complexity index is 462. The van der Waals surface area contributed by atoms with Crippen molar-refractivity contribution < 1.29 is 14.3 Å². The van der Waals surface area contributed by atoms with Gasteiger partial charge in [-0.3, -0.25) is 9.69 Å². The Kier molecular flexibility index (Phi) is 4.90. The third kappa shape index (κ3) is 3.75. The van der Waals surface area contributed by atoms with Gasteiger partial charge in [-0.05, 0) is 18.2 Å². The minimum absolute atomic E-state index is 0.211. The third-order valence-corrected chi connectivity index (χ3v) is 3.76. The van der Waals surface area contributed by atoms with Gasteiger partial charge in [0.2, 0.25) is 5.91 Å². The Hall–Kier alpha value is -0.980. The Labute approximate surface area is 119 Å². The zero-order chi connectivity index (χ0) is 13.8. The number of hydrogen-bond acceptors (Lipinski definition) is 3. The molecule has 0 atom stereocenters. The van der Waals surface area contributed by atoms with Crippen LogP contribution in [0.25, 0.3) is 0 Å². The van der Waals surface area contributed by atoms with Crippen molar-refractivity contribution >= 4 is 21.8 Å². The van der Waals surface area contributed by atoms with E-state index in [9.17, 15) is 9.18 Å². The SMILES string of the molecule is O=C(CO)N1CCN(Cc2cc(Br)ccc2F)CC1. The molecule has 1 heterocycles. The summed E-state index contributed by atoms with van der Waals surface area (Å²) in [4.78, 5) is 15.1. The Morgan fingerprint density at radius 3 is 2.63 bits per heavy atom. The minimum Gasteiger partial charge on any atom is -0.387 e. The first kappa shape index (κ1) is 14.4. The summed E-state index contributed by atoms with van der Waals surface area (Å²) in [6.07, 6.45) is 0. The van der Waals surface area contributed by atoms with E-state index in [1.165, 1.54) is 6.07 Å². The number of aliphatic hydroxyl groups is 1. The van der Waals surface area contributed by atoms with E-state index in [2.05, 4.69) is 20.8 Å². The average Bonchev–Trinajstić information content (AvgIpc) is 2.43. The molecule has 6 heteroatoms. The number of benzene rings is 1. The smallest absolute Gasteiger partial charge is 0.248 e. The molecule has 0 bridgehead atoms. The second-order valence-corrected chi connectivity index (χ2v) is 5.47. The summed E-state index contributed by atoms with van der Waals surface area (Å²) in [5, 5.41) is 8.80. The third-order valence-electron chi connectivity index (χ3n) is 3.26. The predicted octanol–water partition coefficient (Wildman–Crippen LogP) is 1.22. The van der Waals surface area contributed by atoms with Crippen LogP contribution in [0.1, 0.15) is 5.56 Å². The van der Waals surface area contributed by atoms with Gasteiger partial charge in [-0.1, -0.05) is 15.9 Å². The summed E-state index contributed by atoms with van der Waals surface area (Å²) in [7, 11) is 0. The average molecular weight is 331 g/mol. The van der Waals surface area contributed by atoms with Gasteiger partial charge in [0.1, 0.15) is 12.4 Å². The summed E-state index contributed by atoms with van der Waals surface area (Å²) in [6.45, 7) is 2.63. The van der Waals surface area contributed by atoms with Crippen molar-refractivity contribution in [2.75, 3.05) is 32.8 Å². The molecule has 1 aromatic rings. The molecule has 0 aliphatic carbocycles. The van der Waals surface area contributed by atoms with Crippen molar-refractivity contribution in [3.05, 3.63) is 34.1 Å². The highest BCUT2D eigenvalue weighted by atomic mass is 79.9. The molecule has 2 rings (SSSR count). The van der Waals surface area contributed by atoms with Crippen LogP contribution in [0.3, 0.4) is 0 Å². The van der Waals surface area contributed by atoms with Gasteiger partial charge in [0.25, 0.3) is 0 Å². The molecule has 0 aromatic heterocycles. The first-order chi connectivity index (χ1) is 9.10. The maximum Gasteiger partial charge on any atom is 0.248 e. The topological polar surface area (TPSA) is 43.8 Å². The zero-order valence-electron chi connectivity index (χ0n) is 10.5. The fraction of sp³-hybridized carbons (Fsp3) is 0.462. The molecule has 0 saturated carbocycles. The van der Waals surface area contributed by atoms with E-state index < -0.39 is 6.61 Å². The van der Waals surface area contributed by atoms with E-state index in [1.54, 1.807) is 17.0 Å². The van der Waals surface area contributed by atoms with Gasteiger partial charge in [-0.2, -0.15) is 0 Å². The lowest BCUT2D eigenvalue weighted by Gasteiger charge is -2.34. The number of aliphatic hydroxyl groups excluding tert-OH is 1. The van der Waals surface area contributed by atoms with E-state index in [1.807, 2.05) is 0 Å². The molecule has 1 saturated heterocycles. The van der Waals surface area contributed by atoms with Crippen molar-refractivity contribution in [1.29, 1.82) is 0 Å². The van der Waals surface area contributed by atoms with Crippen LogP contribution in [0.15, 0.2) is 22.7 Å². The van der Waals surface area contributed by atoms with Gasteiger partial charge in [-0.15, -0.1) is 0 Å². The predicted molar refractivity (Wildman–Crippen MR) is 73.0 cm³/mol. The number of halogens is 2. The van der Waals surface area contributed by atoms with E-state index in [4.69, 9.17) is 5.11 Å². The second kappa shape index (κ2) is 6.45. The lowest BCUT2D eigenvalue weighted by molar-refractivity contribution is -0.136. The van der Waals surface area contributed by atoms with E-state index in [0.717, 1.165) is 4.47 Å². The molecule has 0 radical (unpaired) electrons. The van der Waals surface area contributed by atoms with Crippen molar-refractivity contribution in [3.8, 4) is 0 Å². The first-order valence-corrected chi connectivity index (χ1v) is 6.94. The first-order valence-electron chi connectivity index (χ1n) is 6.15. The number of piperazine rings is 1. The normalized spacial score (nSPS) is 16.7. The highest BCUT2D eigenvalue weighted by molar-refractivity contribution is 9.10. The second-order valence-electron chi connectivity index (χ2n) is 4.55. The van der Waals surface area contributed by atoms with Gasteiger partial charge < -0.3 is 10.0 Å². The monoisotopic (exact) mass is 330 g/mol. The van der Waals surface area contributed by atoms with Crippen molar-refractivity contribution in [3.63, 3.8) is 0 Å². The van der Waals surface area contributed by atoms with Crippen molar-refractivity contribution in [2.24, 2.45) is 0 Å². The number of amides is 1. The van der Waals surface area contributed by atoms with Gasteiger partial charge in [0.15, 0.2) is 0 Å². The van der Waals surface area contributed by atoms with Crippen LogP contribution in [0.5, 0.6) is 0 Å². The van der Waals surface area contributed by atoms with Gasteiger partial charge >= 0.3 is 0 Å². The van der Waals surface area contributed by atoms with Crippen LogP contribution in [-0.4, -0.2) is 53.6 Å². The summed E-state index contributed by atoms with van der Waals surface area (Å²) < 4.78 is 14.5. The quantitative estimate of drug-likeness (QED) is 0.906. The summed E-state index contributed by atoms with van der Waals surface area (Å²) in [6, 6.07) is 4.90. The molecule has 0 unspecified atom stereocenters. The summed E-state index contributed by atoms with van der Waals surface area (Å²) >= 11 is 3.33. The fourth-order valence-electron chi connectivity index (χ4n) is 2.16. The molecular weight excluding hydrogens is 315 g/mol. The molecule has 19 heavy (non-hydrogen) atoms. The molecule has 1 aromatic carbocycles. The molecule has 1 aliphatic heterocycles. The zero-order valence-corrected chi connectivity index (χ0v) is 12.1. The highest BCUT2D eigenvalue weighted by Crippen LogP contribution is 2.18. The lowest BCUT2D eigenvalue weighted by Crippen LogP contribution is -2.49. The maximum absolute atomic E-state index is 13.6. The summed E-state index contributed by atoms with van der Waals surface area (Å²) in [5.41, 5.74) is 0.649. The van der Waals surface area contributed by atoms with Gasteiger partial charge in [-0.25, -0.2) is 4.39 Å². The Morgan fingerprint density at radius 2 is 2.00 bits per heavy atom. The van der Waals surface area contributed by atoms with Crippen LogP contribution in [0.2, 0.25) is 0 Å². The van der Waals surface area contributed by atoms with Gasteiger partial charge in [0, 0.05) is 42.8 Å². The molecule has 4 nitrogen and oxygen atoms in total. The highest BCUT2D eigenvalue weighted by Gasteiger charge is 2.21. The van der Waals surface area contributed by atoms with Crippen LogP contribution >= 0.6 is 15.9 Å². The number of nitrogens with zero attached hydrogens (tertiary/aromatic N) is 2. The Morgan fingerprint density at radius 1 is 1.32 bits per heavy atom. The van der Waals surface area contributed by atoms with E-state index >= 15 is 0 Å². The van der Waals surface area contributed by atoms with Gasteiger partial charge in [0.05, 0.1) is 0 Å². The molecule has 104 valence electrons. The summed E-state index contributed by atoms with van der Waals surface area (Å²) in [5.74, 6) is -0.453.